The number of nitrogen functional groups attached to an aromatic ring is 1. The van der Waals surface area contributed by atoms with Crippen LogP contribution < -0.4 is 11.1 Å². The summed E-state index contributed by atoms with van der Waals surface area (Å²) in [6.07, 6.45) is 1.60. The number of oxime groups is 1. The van der Waals surface area contributed by atoms with Crippen molar-refractivity contribution in [3.8, 4) is 0 Å². The predicted molar refractivity (Wildman–Crippen MR) is 120 cm³/mol. The fourth-order valence-corrected chi connectivity index (χ4v) is 6.53. The second-order valence-electron chi connectivity index (χ2n) is 6.34. The molecule has 0 aromatic carbocycles. The molecule has 2 aromatic heterocycles. The van der Waals surface area contributed by atoms with Crippen LogP contribution in [0.25, 0.3) is 0 Å². The van der Waals surface area contributed by atoms with Gasteiger partial charge in [0.15, 0.2) is 10.8 Å². The van der Waals surface area contributed by atoms with Crippen molar-refractivity contribution in [1.82, 2.24) is 24.8 Å². The molecule has 4 N–H and O–H groups in total. The topological polar surface area (TPSA) is 173 Å². The lowest BCUT2D eigenvalue weighted by molar-refractivity contribution is -0.150. The predicted octanol–water partition coefficient (Wildman–Crippen LogP) is 0.458. The fourth-order valence-electron chi connectivity index (χ4n) is 3.08. The van der Waals surface area contributed by atoms with Crippen molar-refractivity contribution in [3.63, 3.8) is 0 Å². The van der Waals surface area contributed by atoms with Gasteiger partial charge in [0.25, 0.3) is 11.8 Å². The number of hydrogen-bond acceptors (Lipinski definition) is 13. The molecule has 0 aliphatic carbocycles. The monoisotopic (exact) mass is 513 g/mol. The van der Waals surface area contributed by atoms with Gasteiger partial charge in [0, 0.05) is 16.9 Å². The van der Waals surface area contributed by atoms with E-state index in [0.717, 1.165) is 15.5 Å². The molecule has 2 atom stereocenters. The Hall–Kier alpha value is -2.69. The molecule has 0 bridgehead atoms. The highest BCUT2D eigenvalue weighted by Crippen LogP contribution is 2.41. The number of nitrogens with two attached hydrogens (primary N) is 1. The highest BCUT2D eigenvalue weighted by Gasteiger charge is 2.54. The number of aromatic nitrogens is 3. The maximum Gasteiger partial charge on any atom is 0.352 e. The molecule has 16 heteroatoms. The number of amides is 2. The SMILES string of the molecule is CO/N=C(\C(=O)N[C@H]1C(=O)N2C(C(=O)O)=C(CSc3cnns3)CS[C@@H]12)c1csc(N)n1. The van der Waals surface area contributed by atoms with Gasteiger partial charge in [0.05, 0.1) is 6.20 Å². The van der Waals surface area contributed by atoms with Gasteiger partial charge in [-0.05, 0) is 17.1 Å². The molecule has 0 unspecified atom stereocenters. The summed E-state index contributed by atoms with van der Waals surface area (Å²) in [5.74, 6) is -1.57. The molecule has 32 heavy (non-hydrogen) atoms. The van der Waals surface area contributed by atoms with E-state index in [1.54, 1.807) is 11.6 Å². The minimum Gasteiger partial charge on any atom is -0.477 e. The van der Waals surface area contributed by atoms with Crippen LogP contribution in [0, 0.1) is 0 Å². The first-order valence-corrected chi connectivity index (χ1v) is 12.5. The van der Waals surface area contributed by atoms with Gasteiger partial charge in [-0.2, -0.15) is 0 Å². The van der Waals surface area contributed by atoms with E-state index in [2.05, 4.69) is 25.0 Å². The number of aliphatic carboxylic acids is 1. The maximum absolute atomic E-state index is 12.8. The summed E-state index contributed by atoms with van der Waals surface area (Å²) in [5.41, 5.74) is 6.28. The molecule has 2 aliphatic rings. The second kappa shape index (κ2) is 9.43. The summed E-state index contributed by atoms with van der Waals surface area (Å²) >= 11 is 5.14. The second-order valence-corrected chi connectivity index (χ2v) is 10.4. The normalized spacial score (nSPS) is 20.6. The van der Waals surface area contributed by atoms with Gasteiger partial charge in [-0.15, -0.1) is 40.0 Å². The van der Waals surface area contributed by atoms with Gasteiger partial charge in [0.2, 0.25) is 0 Å². The van der Waals surface area contributed by atoms with Crippen LogP contribution in [0.1, 0.15) is 5.69 Å². The minimum atomic E-state index is -1.19. The van der Waals surface area contributed by atoms with E-state index in [9.17, 15) is 19.5 Å². The zero-order valence-corrected chi connectivity index (χ0v) is 19.5. The quantitative estimate of drug-likeness (QED) is 0.194. The molecule has 1 saturated heterocycles. The number of nitrogens with one attached hydrogen (secondary N) is 1. The number of carbonyl (C=O) groups is 3. The van der Waals surface area contributed by atoms with Gasteiger partial charge < -0.3 is 21.0 Å². The van der Waals surface area contributed by atoms with Gasteiger partial charge in [-0.1, -0.05) is 9.64 Å². The van der Waals surface area contributed by atoms with E-state index in [4.69, 9.17) is 10.6 Å². The number of carbonyl (C=O) groups excluding carboxylic acids is 2. The third kappa shape index (κ3) is 4.30. The van der Waals surface area contributed by atoms with Crippen molar-refractivity contribution in [2.24, 2.45) is 5.16 Å². The molecular formula is C16H15N7O5S4. The number of rotatable bonds is 8. The lowest BCUT2D eigenvalue weighted by Crippen LogP contribution is -2.71. The molecule has 2 amide bonds. The van der Waals surface area contributed by atoms with Gasteiger partial charge in [0.1, 0.15) is 34.1 Å². The van der Waals surface area contributed by atoms with Crippen LogP contribution in [0.3, 0.4) is 0 Å². The summed E-state index contributed by atoms with van der Waals surface area (Å²) in [6, 6.07) is -0.903. The Labute approximate surface area is 197 Å². The Bertz CT molecular complexity index is 1120. The number of nitrogens with zero attached hydrogens (tertiary/aromatic N) is 5. The molecular weight excluding hydrogens is 498 g/mol. The standard InChI is InChI=1S/C16H15N7O5S4/c1-28-21-9(7-5-31-16(17)19-7)12(24)20-10-13(25)23-11(15(26)27)6(4-30-14(10)23)3-29-8-2-18-22-32-8/h2,5,10,14H,3-4H2,1H3,(H2,17,19)(H,20,24)(H,26,27)/b21-9-/t10-,14-/m0/s1. The lowest BCUT2D eigenvalue weighted by atomic mass is 10.0. The number of β-lactam (4-membered cyclic amide) rings is 1. The molecule has 2 aromatic rings. The van der Waals surface area contributed by atoms with Crippen molar-refractivity contribution in [2.75, 3.05) is 24.3 Å². The smallest absolute Gasteiger partial charge is 0.352 e. The van der Waals surface area contributed by atoms with Crippen LogP contribution in [0.2, 0.25) is 0 Å². The highest BCUT2D eigenvalue weighted by atomic mass is 32.2. The first kappa shape index (κ1) is 22.5. The third-order valence-corrected chi connectivity index (χ3v) is 8.36. The summed E-state index contributed by atoms with van der Waals surface area (Å²) in [4.78, 5) is 47.5. The number of fused-ring (bicyclic) bond motifs is 1. The molecule has 4 heterocycles. The molecule has 168 valence electrons. The molecule has 0 saturated carbocycles. The van der Waals surface area contributed by atoms with Gasteiger partial charge in [-0.3, -0.25) is 14.5 Å². The fraction of sp³-hybridized carbons (Fsp3) is 0.312. The number of anilines is 1. The highest BCUT2D eigenvalue weighted by molar-refractivity contribution is 8.01. The zero-order chi connectivity index (χ0) is 22.8. The summed E-state index contributed by atoms with van der Waals surface area (Å²) in [7, 11) is 1.28. The van der Waals surface area contributed by atoms with Gasteiger partial charge in [-0.25, -0.2) is 9.78 Å². The molecule has 1 fully saturated rings. The number of thioether (sulfide) groups is 2. The largest absolute Gasteiger partial charge is 0.477 e. The van der Waals surface area contributed by atoms with Crippen molar-refractivity contribution in [2.45, 2.75) is 15.6 Å². The Morgan fingerprint density at radius 3 is 2.94 bits per heavy atom. The van der Waals surface area contributed by atoms with Crippen molar-refractivity contribution in [1.29, 1.82) is 0 Å². The zero-order valence-electron chi connectivity index (χ0n) is 16.3. The van der Waals surface area contributed by atoms with Crippen LogP contribution >= 0.6 is 46.4 Å². The third-order valence-electron chi connectivity index (χ3n) is 4.43. The van der Waals surface area contributed by atoms with E-state index < -0.39 is 29.2 Å². The molecule has 2 aliphatic heterocycles. The van der Waals surface area contributed by atoms with E-state index in [1.165, 1.54) is 47.1 Å². The van der Waals surface area contributed by atoms with Gasteiger partial charge >= 0.3 is 5.97 Å². The van der Waals surface area contributed by atoms with Crippen LogP contribution in [-0.4, -0.2) is 78.1 Å². The molecule has 12 nitrogen and oxygen atoms in total. The first-order valence-electron chi connectivity index (χ1n) is 8.84. The van der Waals surface area contributed by atoms with Crippen LogP contribution in [-0.2, 0) is 19.2 Å². The van der Waals surface area contributed by atoms with Crippen LogP contribution in [0.15, 0.2) is 32.2 Å². The molecule has 0 radical (unpaired) electrons. The summed E-state index contributed by atoms with van der Waals surface area (Å²) in [6.45, 7) is 0. The minimum absolute atomic E-state index is 0.0488. The summed E-state index contributed by atoms with van der Waals surface area (Å²) < 4.78 is 4.63. The number of thiazole rings is 1. The lowest BCUT2D eigenvalue weighted by Gasteiger charge is -2.49. The summed E-state index contributed by atoms with van der Waals surface area (Å²) in [5, 5.41) is 21.1. The maximum atomic E-state index is 12.8. The number of carboxylic acid groups (broad SMARTS) is 1. The Balaban J connectivity index is 1.49. The average molecular weight is 514 g/mol. The Morgan fingerprint density at radius 1 is 1.50 bits per heavy atom. The first-order chi connectivity index (χ1) is 15.4. The average Bonchev–Trinajstić information content (AvgIpc) is 3.45. The Kier molecular flexibility index (Phi) is 6.63. The Morgan fingerprint density at radius 2 is 2.31 bits per heavy atom. The van der Waals surface area contributed by atoms with E-state index in [1.807, 2.05) is 0 Å². The number of carboxylic acids is 1. The molecule has 0 spiro atoms. The van der Waals surface area contributed by atoms with Crippen molar-refractivity contribution < 1.29 is 24.3 Å². The van der Waals surface area contributed by atoms with E-state index >= 15 is 0 Å². The number of hydrogen-bond donors (Lipinski definition) is 3. The molecule has 4 rings (SSSR count). The van der Waals surface area contributed by atoms with Crippen molar-refractivity contribution >= 4 is 75.0 Å². The van der Waals surface area contributed by atoms with E-state index in [-0.39, 0.29) is 22.2 Å². The van der Waals surface area contributed by atoms with Crippen molar-refractivity contribution in [3.05, 3.63) is 28.5 Å². The van der Waals surface area contributed by atoms with E-state index in [0.29, 0.717) is 17.1 Å². The van der Waals surface area contributed by atoms with Crippen LogP contribution in [0.4, 0.5) is 5.13 Å². The van der Waals surface area contributed by atoms with Crippen LogP contribution in [0.5, 0.6) is 0 Å².